The molecule has 1 heterocycles. The van der Waals surface area contributed by atoms with Gasteiger partial charge in [0.25, 0.3) is 10.0 Å². The molecule has 0 aliphatic carbocycles. The first kappa shape index (κ1) is 19.4. The molecule has 0 radical (unpaired) electrons. The number of rotatable bonds is 3. The number of hydrogen-bond donors (Lipinski definition) is 1. The number of nitrogens with one attached hydrogen (secondary N) is 1. The quantitative estimate of drug-likeness (QED) is 0.863. The predicted octanol–water partition coefficient (Wildman–Crippen LogP) is 3.95. The fourth-order valence-electron chi connectivity index (χ4n) is 2.94. The topological polar surface area (TPSA) is 66.5 Å². The number of anilines is 2. The molecule has 1 N–H and O–H groups in total. The molecule has 1 amide bonds. The maximum atomic E-state index is 13.1. The van der Waals surface area contributed by atoms with Crippen LogP contribution in [0.2, 0.25) is 0 Å². The van der Waals surface area contributed by atoms with Crippen LogP contribution in [0, 0.1) is 11.2 Å². The predicted molar refractivity (Wildman–Crippen MR) is 104 cm³/mol. The first-order chi connectivity index (χ1) is 12.6. The molecule has 1 aliphatic rings. The summed E-state index contributed by atoms with van der Waals surface area (Å²) in [4.78, 5) is 12.2. The zero-order chi connectivity index (χ0) is 19.8. The fourth-order valence-corrected chi connectivity index (χ4v) is 4.48. The lowest BCUT2D eigenvalue weighted by molar-refractivity contribution is -0.123. The number of benzene rings is 2. The van der Waals surface area contributed by atoms with E-state index in [1.165, 1.54) is 16.4 Å². The molecule has 27 heavy (non-hydrogen) atoms. The molecule has 0 bridgehead atoms. The third-order valence-corrected chi connectivity index (χ3v) is 6.32. The van der Waals surface area contributed by atoms with Crippen LogP contribution in [0.15, 0.2) is 47.4 Å². The van der Waals surface area contributed by atoms with Crippen LogP contribution in [0.3, 0.4) is 0 Å². The van der Waals surface area contributed by atoms with Crippen LogP contribution >= 0.6 is 0 Å². The van der Waals surface area contributed by atoms with Gasteiger partial charge in [0.05, 0.1) is 10.6 Å². The number of hydrogen-bond acceptors (Lipinski definition) is 3. The molecule has 2 aromatic carbocycles. The molecule has 0 unspecified atom stereocenters. The Hall–Kier alpha value is -2.41. The summed E-state index contributed by atoms with van der Waals surface area (Å²) in [5.41, 5.74) is 1.58. The minimum absolute atomic E-state index is 0.0573. The summed E-state index contributed by atoms with van der Waals surface area (Å²) in [6, 6.07) is 10.1. The molecule has 144 valence electrons. The van der Waals surface area contributed by atoms with Crippen molar-refractivity contribution in [1.82, 2.24) is 0 Å². The number of carbonyl (C=O) groups is 1. The van der Waals surface area contributed by atoms with Crippen molar-refractivity contribution in [3.05, 3.63) is 53.8 Å². The molecule has 0 spiro atoms. The number of halogens is 1. The number of amides is 1. The Kier molecular flexibility index (Phi) is 4.99. The standard InChI is InChI=1S/C20H23FN2O3S/c1-20(2,3)19(24)22-16-8-11-18-14(13-16)5-4-12-23(18)27(25,26)17-9-6-15(21)7-10-17/h6-11,13H,4-5,12H2,1-3H3,(H,22,24). The maximum Gasteiger partial charge on any atom is 0.264 e. The number of carbonyl (C=O) groups excluding carboxylic acids is 1. The highest BCUT2D eigenvalue weighted by Gasteiger charge is 2.29. The summed E-state index contributed by atoms with van der Waals surface area (Å²) in [5, 5.41) is 2.87. The first-order valence-electron chi connectivity index (χ1n) is 8.82. The van der Waals surface area contributed by atoms with Crippen molar-refractivity contribution in [1.29, 1.82) is 0 Å². The summed E-state index contributed by atoms with van der Waals surface area (Å²) in [6.45, 7) is 5.85. The van der Waals surface area contributed by atoms with Gasteiger partial charge in [-0.3, -0.25) is 9.10 Å². The molecule has 7 heteroatoms. The molecule has 5 nitrogen and oxygen atoms in total. The highest BCUT2D eigenvalue weighted by Crippen LogP contribution is 2.34. The van der Waals surface area contributed by atoms with Crippen molar-refractivity contribution in [2.24, 2.45) is 5.41 Å². The van der Waals surface area contributed by atoms with Gasteiger partial charge < -0.3 is 5.32 Å². The van der Waals surface area contributed by atoms with E-state index < -0.39 is 21.3 Å². The van der Waals surface area contributed by atoms with E-state index in [0.29, 0.717) is 24.3 Å². The van der Waals surface area contributed by atoms with Gasteiger partial charge in [-0.05, 0) is 60.9 Å². The van der Waals surface area contributed by atoms with Crippen LogP contribution in [0.5, 0.6) is 0 Å². The second-order valence-corrected chi connectivity index (χ2v) is 9.54. The second-order valence-electron chi connectivity index (χ2n) is 7.68. The van der Waals surface area contributed by atoms with Gasteiger partial charge in [-0.25, -0.2) is 12.8 Å². The van der Waals surface area contributed by atoms with Crippen molar-refractivity contribution in [3.8, 4) is 0 Å². The van der Waals surface area contributed by atoms with Crippen molar-refractivity contribution < 1.29 is 17.6 Å². The highest BCUT2D eigenvalue weighted by atomic mass is 32.2. The van der Waals surface area contributed by atoms with Gasteiger partial charge in [0.1, 0.15) is 5.82 Å². The molecular formula is C20H23FN2O3S. The van der Waals surface area contributed by atoms with Crippen LogP contribution in [-0.2, 0) is 21.2 Å². The monoisotopic (exact) mass is 390 g/mol. The Morgan fingerprint density at radius 1 is 1.11 bits per heavy atom. The molecule has 0 saturated carbocycles. The largest absolute Gasteiger partial charge is 0.326 e. The lowest BCUT2D eigenvalue weighted by Crippen LogP contribution is -2.35. The SMILES string of the molecule is CC(C)(C)C(=O)Nc1ccc2c(c1)CCCN2S(=O)(=O)c1ccc(F)cc1. The van der Waals surface area contributed by atoms with Gasteiger partial charge in [-0.1, -0.05) is 20.8 Å². The minimum atomic E-state index is -3.77. The molecule has 0 saturated heterocycles. The molecular weight excluding hydrogens is 367 g/mol. The smallest absolute Gasteiger partial charge is 0.264 e. The number of nitrogens with zero attached hydrogens (tertiary/aromatic N) is 1. The summed E-state index contributed by atoms with van der Waals surface area (Å²) in [7, 11) is -3.77. The van der Waals surface area contributed by atoms with E-state index in [1.54, 1.807) is 12.1 Å². The van der Waals surface area contributed by atoms with Crippen LogP contribution in [-0.4, -0.2) is 20.9 Å². The Morgan fingerprint density at radius 3 is 2.41 bits per heavy atom. The number of sulfonamides is 1. The zero-order valence-electron chi connectivity index (χ0n) is 15.6. The Labute approximate surface area is 159 Å². The van der Waals surface area contributed by atoms with Crippen LogP contribution in [0.1, 0.15) is 32.8 Å². The van der Waals surface area contributed by atoms with E-state index in [9.17, 15) is 17.6 Å². The van der Waals surface area contributed by atoms with Crippen molar-refractivity contribution in [3.63, 3.8) is 0 Å². The van der Waals surface area contributed by atoms with E-state index in [1.807, 2.05) is 26.8 Å². The van der Waals surface area contributed by atoms with Gasteiger partial charge in [-0.15, -0.1) is 0 Å². The second kappa shape index (κ2) is 6.96. The Morgan fingerprint density at radius 2 is 1.78 bits per heavy atom. The molecule has 3 rings (SSSR count). The fraction of sp³-hybridized carbons (Fsp3) is 0.350. The Bertz CT molecular complexity index is 964. The molecule has 0 fully saturated rings. The van der Waals surface area contributed by atoms with Crippen LogP contribution in [0.4, 0.5) is 15.8 Å². The maximum absolute atomic E-state index is 13.1. The van der Waals surface area contributed by atoms with E-state index in [-0.39, 0.29) is 10.8 Å². The van der Waals surface area contributed by atoms with Gasteiger partial charge in [0.15, 0.2) is 0 Å². The van der Waals surface area contributed by atoms with Gasteiger partial charge in [-0.2, -0.15) is 0 Å². The first-order valence-corrected chi connectivity index (χ1v) is 10.3. The Balaban J connectivity index is 1.93. The summed E-state index contributed by atoms with van der Waals surface area (Å²) >= 11 is 0. The van der Waals surface area contributed by atoms with Gasteiger partial charge >= 0.3 is 0 Å². The third kappa shape index (κ3) is 3.98. The van der Waals surface area contributed by atoms with Crippen LogP contribution in [0.25, 0.3) is 0 Å². The average molecular weight is 390 g/mol. The van der Waals surface area contributed by atoms with Crippen molar-refractivity contribution >= 4 is 27.3 Å². The van der Waals surface area contributed by atoms with Gasteiger partial charge in [0.2, 0.25) is 5.91 Å². The lowest BCUT2D eigenvalue weighted by atomic mass is 9.95. The zero-order valence-corrected chi connectivity index (χ0v) is 16.4. The van der Waals surface area contributed by atoms with E-state index in [2.05, 4.69) is 5.32 Å². The minimum Gasteiger partial charge on any atom is -0.326 e. The van der Waals surface area contributed by atoms with Crippen molar-refractivity contribution in [2.45, 2.75) is 38.5 Å². The normalized spacial score (nSPS) is 14.6. The number of aryl methyl sites for hydroxylation is 1. The average Bonchev–Trinajstić information content (AvgIpc) is 2.60. The summed E-state index contributed by atoms with van der Waals surface area (Å²) in [5.74, 6) is -0.582. The summed E-state index contributed by atoms with van der Waals surface area (Å²) in [6.07, 6.45) is 1.40. The van der Waals surface area contributed by atoms with E-state index in [0.717, 1.165) is 24.1 Å². The highest BCUT2D eigenvalue weighted by molar-refractivity contribution is 7.92. The third-order valence-electron chi connectivity index (χ3n) is 4.50. The lowest BCUT2D eigenvalue weighted by Gasteiger charge is -2.31. The molecule has 1 aliphatic heterocycles. The molecule has 0 aromatic heterocycles. The molecule has 2 aromatic rings. The van der Waals surface area contributed by atoms with E-state index in [4.69, 9.17) is 0 Å². The van der Waals surface area contributed by atoms with Gasteiger partial charge in [0, 0.05) is 17.6 Å². The van der Waals surface area contributed by atoms with Crippen molar-refractivity contribution in [2.75, 3.05) is 16.2 Å². The molecule has 0 atom stereocenters. The summed E-state index contributed by atoms with van der Waals surface area (Å²) < 4.78 is 40.5. The van der Waals surface area contributed by atoms with E-state index >= 15 is 0 Å². The number of fused-ring (bicyclic) bond motifs is 1. The van der Waals surface area contributed by atoms with Crippen LogP contribution < -0.4 is 9.62 Å².